The normalized spacial score (nSPS) is 28.7. The van der Waals surface area contributed by atoms with E-state index < -0.39 is 74.3 Å². The summed E-state index contributed by atoms with van der Waals surface area (Å²) in [5.74, 6) is -2.52. The van der Waals surface area contributed by atoms with Gasteiger partial charge in [0.1, 0.15) is 24.2 Å². The number of hydrogen-bond donors (Lipinski definition) is 4. The van der Waals surface area contributed by atoms with Gasteiger partial charge in [-0.15, -0.1) is 0 Å². The van der Waals surface area contributed by atoms with Crippen LogP contribution >= 0.6 is 21.6 Å². The van der Waals surface area contributed by atoms with E-state index >= 15 is 0 Å². The minimum atomic E-state index is -2.38. The first kappa shape index (κ1) is 38.2. The Hall–Kier alpha value is -2.03. The van der Waals surface area contributed by atoms with Gasteiger partial charge < -0.3 is 30.4 Å². The van der Waals surface area contributed by atoms with Crippen molar-refractivity contribution >= 4 is 59.5 Å². The summed E-state index contributed by atoms with van der Waals surface area (Å²) in [5, 5.41) is 11.0. The van der Waals surface area contributed by atoms with Gasteiger partial charge >= 0.3 is 5.97 Å². The van der Waals surface area contributed by atoms with Crippen LogP contribution in [0.4, 0.5) is 0 Å². The van der Waals surface area contributed by atoms with E-state index in [0.717, 1.165) is 0 Å². The molecule has 2 aliphatic heterocycles. The van der Waals surface area contributed by atoms with Crippen LogP contribution in [-0.2, 0) is 33.1 Å². The van der Waals surface area contributed by atoms with Crippen LogP contribution in [-0.4, -0.2) is 85.8 Å². The Labute approximate surface area is 271 Å². The van der Waals surface area contributed by atoms with Crippen LogP contribution in [0.3, 0.4) is 0 Å². The first-order chi connectivity index (χ1) is 20.3. The molecule has 1 fully saturated rings. The van der Waals surface area contributed by atoms with Crippen molar-refractivity contribution in [2.45, 2.75) is 123 Å². The minimum Gasteiger partial charge on any atom is -0.456 e. The van der Waals surface area contributed by atoms with Crippen LogP contribution < -0.4 is 21.3 Å². The highest BCUT2D eigenvalue weighted by atomic mass is 33.1. The molecule has 6 atom stereocenters. The smallest absolute Gasteiger partial charge is 0.331 e. The SMILES string of the molecule is CC(C)[C@H]1NC(=O)C[C@H]2/C=C/CCSSC[C@@H](NC(=O)[C@@H](C(C)C)NC1=O)C(=O)N[C@@H]([C@@H](C)O[Si](C)(C)C(C)(C)C)C(=O)O2. The fourth-order valence-corrected chi connectivity index (χ4v) is 7.99. The Morgan fingerprint density at radius 3 is 2.00 bits per heavy atom. The third-order valence-electron chi connectivity index (χ3n) is 8.14. The van der Waals surface area contributed by atoms with Gasteiger partial charge in [-0.2, -0.15) is 0 Å². The van der Waals surface area contributed by atoms with Crippen molar-refractivity contribution in [2.75, 3.05) is 11.5 Å². The summed E-state index contributed by atoms with van der Waals surface area (Å²) < 4.78 is 12.4. The average molecular weight is 673 g/mol. The molecule has 44 heavy (non-hydrogen) atoms. The van der Waals surface area contributed by atoms with Crippen molar-refractivity contribution in [1.82, 2.24) is 21.3 Å². The van der Waals surface area contributed by atoms with Gasteiger partial charge in [0.05, 0.1) is 12.5 Å². The van der Waals surface area contributed by atoms with Crippen LogP contribution in [0.5, 0.6) is 0 Å². The van der Waals surface area contributed by atoms with Gasteiger partial charge in [0.25, 0.3) is 0 Å². The second-order valence-electron chi connectivity index (χ2n) is 13.7. The van der Waals surface area contributed by atoms with Gasteiger partial charge in [0.15, 0.2) is 14.4 Å². The number of fused-ring (bicyclic) bond motifs is 6. The molecule has 0 unspecified atom stereocenters. The number of rotatable bonds is 5. The number of amides is 4. The van der Waals surface area contributed by atoms with Gasteiger partial charge in [-0.1, -0.05) is 76.1 Å². The van der Waals surface area contributed by atoms with Crippen molar-refractivity contribution in [1.29, 1.82) is 0 Å². The highest BCUT2D eigenvalue weighted by molar-refractivity contribution is 8.76. The number of ether oxygens (including phenoxy) is 1. The van der Waals surface area contributed by atoms with E-state index in [-0.39, 0.29) is 29.0 Å². The predicted molar refractivity (Wildman–Crippen MR) is 178 cm³/mol. The lowest BCUT2D eigenvalue weighted by molar-refractivity contribution is -0.155. The largest absolute Gasteiger partial charge is 0.456 e. The molecular weight excluding hydrogens is 621 g/mol. The molecule has 0 radical (unpaired) electrons. The first-order valence-corrected chi connectivity index (χ1v) is 20.7. The van der Waals surface area contributed by atoms with Crippen molar-refractivity contribution in [3.05, 3.63) is 12.2 Å². The third kappa shape index (κ3) is 11.1. The van der Waals surface area contributed by atoms with Crippen LogP contribution in [0.15, 0.2) is 12.2 Å². The molecule has 0 aromatic heterocycles. The second kappa shape index (κ2) is 16.5. The number of hydrogen-bond acceptors (Lipinski definition) is 9. The number of carbonyl (C=O) groups excluding carboxylic acids is 5. The third-order valence-corrected chi connectivity index (χ3v) is 15.2. The number of allylic oxidation sites excluding steroid dienone is 1. The van der Waals surface area contributed by atoms with E-state index in [0.29, 0.717) is 12.2 Å². The molecular formula is C30H52N4O7S2Si. The highest BCUT2D eigenvalue weighted by Crippen LogP contribution is 2.37. The Kier molecular flexibility index (Phi) is 14.3. The Bertz CT molecular complexity index is 1080. The van der Waals surface area contributed by atoms with E-state index in [1.165, 1.54) is 10.8 Å². The molecule has 2 rings (SSSR count). The molecule has 0 spiro atoms. The first-order valence-electron chi connectivity index (χ1n) is 15.3. The minimum absolute atomic E-state index is 0.165. The topological polar surface area (TPSA) is 152 Å². The average Bonchev–Trinajstić information content (AvgIpc) is 2.89. The van der Waals surface area contributed by atoms with Crippen molar-refractivity contribution < 1.29 is 33.1 Å². The molecule has 4 N–H and O–H groups in total. The molecule has 0 aromatic carbocycles. The second-order valence-corrected chi connectivity index (χ2v) is 21.0. The fraction of sp³-hybridized carbons (Fsp3) is 0.767. The lowest BCUT2D eigenvalue weighted by Gasteiger charge is -2.40. The fourth-order valence-electron chi connectivity index (χ4n) is 4.41. The molecule has 2 heterocycles. The van der Waals surface area contributed by atoms with Crippen molar-refractivity contribution in [3.8, 4) is 0 Å². The molecule has 0 aromatic rings. The van der Waals surface area contributed by atoms with Crippen LogP contribution in [0.25, 0.3) is 0 Å². The molecule has 4 amide bonds. The van der Waals surface area contributed by atoms with Gasteiger partial charge in [-0.3, -0.25) is 19.2 Å². The van der Waals surface area contributed by atoms with Gasteiger partial charge in [-0.25, -0.2) is 4.79 Å². The lowest BCUT2D eigenvalue weighted by Crippen LogP contribution is -2.62. The maximum atomic E-state index is 13.8. The molecule has 1 saturated heterocycles. The molecule has 14 heteroatoms. The zero-order valence-electron chi connectivity index (χ0n) is 27.8. The zero-order valence-corrected chi connectivity index (χ0v) is 30.4. The summed E-state index contributed by atoms with van der Waals surface area (Å²) in [6.45, 7) is 19.2. The van der Waals surface area contributed by atoms with Crippen LogP contribution in [0.2, 0.25) is 18.1 Å². The van der Waals surface area contributed by atoms with Crippen molar-refractivity contribution in [3.63, 3.8) is 0 Å². The number of esters is 1. The summed E-state index contributed by atoms with van der Waals surface area (Å²) >= 11 is 0. The predicted octanol–water partition coefficient (Wildman–Crippen LogP) is 3.30. The molecule has 0 aliphatic carbocycles. The highest BCUT2D eigenvalue weighted by Gasteiger charge is 2.43. The van der Waals surface area contributed by atoms with Crippen LogP contribution in [0.1, 0.15) is 68.2 Å². The lowest BCUT2D eigenvalue weighted by atomic mass is 9.99. The van der Waals surface area contributed by atoms with Gasteiger partial charge in [0.2, 0.25) is 23.6 Å². The maximum absolute atomic E-state index is 13.8. The standard InChI is InChI=1S/C30H52N4O7S2Si/c1-17(2)23-28(38)33-24(18(3)4)27(37)31-21-16-43-42-14-12-11-13-20(15-22(35)32-23)40-29(39)25(34-26(21)36)19(5)41-44(9,10)30(6,7)8/h11,13,17-21,23-25H,12,14-16H2,1-10H3,(H,31,37)(H,32,35)(H,33,38)(H,34,36)/b13-11+/t19-,20-,21-,23-,24-,25+/m1/s1. The quantitative estimate of drug-likeness (QED) is 0.149. The summed E-state index contributed by atoms with van der Waals surface area (Å²) in [4.78, 5) is 67.8. The number of nitrogens with one attached hydrogen (secondary N) is 4. The Morgan fingerprint density at radius 2 is 1.41 bits per heavy atom. The van der Waals surface area contributed by atoms with E-state index in [9.17, 15) is 24.0 Å². The van der Waals surface area contributed by atoms with E-state index in [2.05, 4.69) is 55.1 Å². The van der Waals surface area contributed by atoms with Gasteiger partial charge in [0, 0.05) is 11.5 Å². The molecule has 0 saturated carbocycles. The molecule has 250 valence electrons. The molecule has 11 nitrogen and oxygen atoms in total. The summed E-state index contributed by atoms with van der Waals surface area (Å²) in [5.41, 5.74) is 0. The van der Waals surface area contributed by atoms with E-state index in [1.54, 1.807) is 51.5 Å². The Balaban J connectivity index is 2.63. The number of carbonyl (C=O) groups is 5. The van der Waals surface area contributed by atoms with Gasteiger partial charge in [-0.05, 0) is 49.4 Å². The summed E-state index contributed by atoms with van der Waals surface area (Å²) in [6, 6.07) is -4.10. The van der Waals surface area contributed by atoms with Crippen molar-refractivity contribution in [2.24, 2.45) is 11.8 Å². The van der Waals surface area contributed by atoms with Crippen LogP contribution in [0, 0.1) is 11.8 Å². The van der Waals surface area contributed by atoms with E-state index in [4.69, 9.17) is 9.16 Å². The summed E-state index contributed by atoms with van der Waals surface area (Å²) in [6.07, 6.45) is 2.25. The zero-order chi connectivity index (χ0) is 33.4. The Morgan fingerprint density at radius 1 is 0.841 bits per heavy atom. The molecule has 2 aliphatic rings. The molecule has 2 bridgehead atoms. The van der Waals surface area contributed by atoms with E-state index in [1.807, 2.05) is 6.08 Å². The monoisotopic (exact) mass is 672 g/mol. The summed E-state index contributed by atoms with van der Waals surface area (Å²) in [7, 11) is 0.593. The maximum Gasteiger partial charge on any atom is 0.331 e.